The van der Waals surface area contributed by atoms with Crippen molar-refractivity contribution in [3.05, 3.63) is 76.5 Å². The lowest BCUT2D eigenvalue weighted by Gasteiger charge is -2.08. The van der Waals surface area contributed by atoms with Crippen LogP contribution < -0.4 is 5.32 Å². The van der Waals surface area contributed by atoms with E-state index in [1.807, 2.05) is 13.1 Å². The van der Waals surface area contributed by atoms with Gasteiger partial charge in [0.05, 0.1) is 10.4 Å². The highest BCUT2D eigenvalue weighted by Gasteiger charge is 2.21. The van der Waals surface area contributed by atoms with Crippen molar-refractivity contribution in [3.63, 3.8) is 0 Å². The lowest BCUT2D eigenvalue weighted by Crippen LogP contribution is -2.13. The van der Waals surface area contributed by atoms with E-state index in [1.54, 1.807) is 28.9 Å². The first-order chi connectivity index (χ1) is 15.0. The average molecular weight is 442 g/mol. The van der Waals surface area contributed by atoms with Gasteiger partial charge in [-0.1, -0.05) is 0 Å². The zero-order valence-corrected chi connectivity index (χ0v) is 17.2. The van der Waals surface area contributed by atoms with Crippen LogP contribution in [0.15, 0.2) is 60.2 Å². The topological polar surface area (TPSA) is 59.8 Å². The van der Waals surface area contributed by atoms with Crippen LogP contribution in [0.2, 0.25) is 0 Å². The number of amides is 1. The van der Waals surface area contributed by atoms with Crippen molar-refractivity contribution in [3.8, 4) is 22.4 Å². The number of nitrogens with zero attached hydrogens (tertiary/aromatic N) is 3. The van der Waals surface area contributed by atoms with Gasteiger partial charge in [0.15, 0.2) is 0 Å². The Balaban J connectivity index is 1.67. The number of hydrogen-bond acceptors (Lipinski definition) is 4. The number of aromatic nitrogens is 3. The second-order valence-corrected chi connectivity index (χ2v) is 7.58. The summed E-state index contributed by atoms with van der Waals surface area (Å²) in [4.78, 5) is 16.3. The number of benzene rings is 1. The highest BCUT2D eigenvalue weighted by Crippen LogP contribution is 2.33. The lowest BCUT2D eigenvalue weighted by atomic mass is 10.0. The first-order valence-corrected chi connectivity index (χ1v) is 10.3. The number of alkyl halides is 2. The van der Waals surface area contributed by atoms with Crippen LogP contribution in [0.1, 0.15) is 28.6 Å². The van der Waals surface area contributed by atoms with Crippen LogP contribution in [0.4, 0.5) is 19.0 Å². The summed E-state index contributed by atoms with van der Waals surface area (Å²) in [6, 6.07) is 10.8. The molecule has 9 heteroatoms. The molecule has 0 aliphatic carbocycles. The van der Waals surface area contributed by atoms with Crippen LogP contribution in [0.25, 0.3) is 22.4 Å². The number of rotatable bonds is 6. The Morgan fingerprint density at radius 1 is 1.16 bits per heavy atom. The van der Waals surface area contributed by atoms with Gasteiger partial charge in [-0.3, -0.25) is 9.48 Å². The van der Waals surface area contributed by atoms with Gasteiger partial charge in [-0.25, -0.2) is 18.2 Å². The Hall–Kier alpha value is -3.46. The summed E-state index contributed by atoms with van der Waals surface area (Å²) < 4.78 is 41.3. The molecule has 0 atom stereocenters. The van der Waals surface area contributed by atoms with E-state index in [1.165, 1.54) is 29.8 Å². The molecule has 0 saturated carbocycles. The Morgan fingerprint density at radius 3 is 2.65 bits per heavy atom. The molecule has 3 heterocycles. The van der Waals surface area contributed by atoms with E-state index in [9.17, 15) is 18.0 Å². The number of carbonyl (C=O) groups excluding carboxylic acids is 1. The predicted molar refractivity (Wildman–Crippen MR) is 114 cm³/mol. The predicted octanol–water partition coefficient (Wildman–Crippen LogP) is 6.02. The molecular weight excluding hydrogens is 425 g/mol. The highest BCUT2D eigenvalue weighted by molar-refractivity contribution is 7.10. The van der Waals surface area contributed by atoms with Crippen molar-refractivity contribution >= 4 is 23.1 Å². The molecule has 1 aromatic carbocycles. The van der Waals surface area contributed by atoms with Crippen molar-refractivity contribution in [2.45, 2.75) is 19.9 Å². The Morgan fingerprint density at radius 2 is 1.94 bits per heavy atom. The molecular formula is C22H17F3N4OS. The van der Waals surface area contributed by atoms with Crippen molar-refractivity contribution in [2.24, 2.45) is 0 Å². The fraction of sp³-hybridized carbons (Fsp3) is 0.136. The van der Waals surface area contributed by atoms with Gasteiger partial charge in [-0.2, -0.15) is 5.10 Å². The second-order valence-electron chi connectivity index (χ2n) is 6.64. The van der Waals surface area contributed by atoms with Crippen molar-refractivity contribution < 1.29 is 18.0 Å². The van der Waals surface area contributed by atoms with Gasteiger partial charge in [-0.05, 0) is 60.3 Å². The van der Waals surface area contributed by atoms with Gasteiger partial charge in [0.1, 0.15) is 17.3 Å². The molecule has 0 radical (unpaired) electrons. The third-order valence-corrected chi connectivity index (χ3v) is 5.58. The number of anilines is 1. The Labute approximate surface area is 180 Å². The summed E-state index contributed by atoms with van der Waals surface area (Å²) in [5.74, 6) is -0.766. The molecule has 158 valence electrons. The van der Waals surface area contributed by atoms with Gasteiger partial charge in [0, 0.05) is 30.1 Å². The molecule has 0 aliphatic heterocycles. The molecule has 4 aromatic rings. The summed E-state index contributed by atoms with van der Waals surface area (Å²) in [5.41, 5.74) is 2.82. The van der Waals surface area contributed by atoms with E-state index in [0.29, 0.717) is 12.2 Å². The number of hydrogen-bond donors (Lipinski definition) is 1. The number of aryl methyl sites for hydroxylation is 1. The molecule has 0 unspecified atom stereocenters. The monoisotopic (exact) mass is 442 g/mol. The van der Waals surface area contributed by atoms with E-state index < -0.39 is 12.3 Å². The molecule has 3 aromatic heterocycles. The Bertz CT molecular complexity index is 1220. The molecule has 1 amide bonds. The summed E-state index contributed by atoms with van der Waals surface area (Å²) in [7, 11) is 0. The fourth-order valence-corrected chi connectivity index (χ4v) is 3.88. The third kappa shape index (κ3) is 4.36. The van der Waals surface area contributed by atoms with Crippen LogP contribution >= 0.6 is 11.3 Å². The fourth-order valence-electron chi connectivity index (χ4n) is 3.14. The molecule has 0 fully saturated rings. The maximum absolute atomic E-state index is 13.3. The third-order valence-electron chi connectivity index (χ3n) is 4.65. The van der Waals surface area contributed by atoms with Crippen molar-refractivity contribution in [1.29, 1.82) is 0 Å². The average Bonchev–Trinajstić information content (AvgIpc) is 3.42. The largest absolute Gasteiger partial charge is 0.307 e. The Kier molecular flexibility index (Phi) is 5.85. The number of nitrogens with one attached hydrogen (secondary N) is 1. The molecule has 0 bridgehead atoms. The van der Waals surface area contributed by atoms with Crippen molar-refractivity contribution in [1.82, 2.24) is 14.8 Å². The molecule has 31 heavy (non-hydrogen) atoms. The van der Waals surface area contributed by atoms with Crippen LogP contribution in [0.5, 0.6) is 0 Å². The zero-order chi connectivity index (χ0) is 22.0. The quantitative estimate of drug-likeness (QED) is 0.397. The summed E-state index contributed by atoms with van der Waals surface area (Å²) in [5, 5.41) is 8.61. The van der Waals surface area contributed by atoms with E-state index in [4.69, 9.17) is 0 Å². The van der Waals surface area contributed by atoms with Crippen LogP contribution in [-0.4, -0.2) is 20.7 Å². The van der Waals surface area contributed by atoms with E-state index in [-0.39, 0.29) is 22.1 Å². The van der Waals surface area contributed by atoms with Gasteiger partial charge in [0.2, 0.25) is 0 Å². The summed E-state index contributed by atoms with van der Waals surface area (Å²) in [6.07, 6.45) is 0.649. The minimum atomic E-state index is -2.72. The standard InChI is InChI=1S/C22H17F3N4OS/c1-2-29-12-17(19(28-29)13-3-5-15(23)6-4-13)14-7-9-26-18(11-14)27-22(30)16-8-10-31-20(16)21(24)25/h3-12,21H,2H2,1H3,(H,26,27,30). The SMILES string of the molecule is CCn1cc(-c2ccnc(NC(=O)c3ccsc3C(F)F)c2)c(-c2ccc(F)cc2)n1. The molecule has 1 N–H and O–H groups in total. The summed E-state index contributed by atoms with van der Waals surface area (Å²) in [6.45, 7) is 2.59. The first-order valence-electron chi connectivity index (χ1n) is 9.43. The van der Waals surface area contributed by atoms with Crippen LogP contribution in [-0.2, 0) is 6.54 Å². The highest BCUT2D eigenvalue weighted by atomic mass is 32.1. The van der Waals surface area contributed by atoms with Gasteiger partial charge in [0.25, 0.3) is 12.3 Å². The maximum atomic E-state index is 13.3. The van der Waals surface area contributed by atoms with E-state index >= 15 is 0 Å². The second kappa shape index (κ2) is 8.73. The number of pyridine rings is 1. The summed E-state index contributed by atoms with van der Waals surface area (Å²) >= 11 is 0.833. The first kappa shape index (κ1) is 20.8. The normalized spacial score (nSPS) is 11.1. The molecule has 5 nitrogen and oxygen atoms in total. The number of halogens is 3. The minimum Gasteiger partial charge on any atom is -0.307 e. The van der Waals surface area contributed by atoms with Gasteiger partial charge in [-0.15, -0.1) is 11.3 Å². The van der Waals surface area contributed by atoms with Crippen LogP contribution in [0, 0.1) is 5.82 Å². The molecule has 0 saturated heterocycles. The maximum Gasteiger partial charge on any atom is 0.273 e. The molecule has 0 spiro atoms. The molecule has 4 rings (SSSR count). The number of carbonyl (C=O) groups is 1. The van der Waals surface area contributed by atoms with Gasteiger partial charge < -0.3 is 5.32 Å². The smallest absolute Gasteiger partial charge is 0.273 e. The minimum absolute atomic E-state index is 0.0713. The van der Waals surface area contributed by atoms with E-state index in [2.05, 4.69) is 15.4 Å². The number of thiophene rings is 1. The zero-order valence-electron chi connectivity index (χ0n) is 16.3. The lowest BCUT2D eigenvalue weighted by molar-refractivity contribution is 0.101. The van der Waals surface area contributed by atoms with Crippen LogP contribution in [0.3, 0.4) is 0 Å². The van der Waals surface area contributed by atoms with E-state index in [0.717, 1.165) is 28.0 Å². The van der Waals surface area contributed by atoms with Gasteiger partial charge >= 0.3 is 0 Å². The van der Waals surface area contributed by atoms with Crippen molar-refractivity contribution in [2.75, 3.05) is 5.32 Å². The molecule has 0 aliphatic rings.